The van der Waals surface area contributed by atoms with E-state index in [2.05, 4.69) is 52.5 Å². The first-order valence-electron chi connectivity index (χ1n) is 23.4. The maximum Gasteiger partial charge on any atom is 0.326 e. The molecular weight excluding hydrogens is 903 g/mol. The predicted molar refractivity (Wildman–Crippen MR) is 258 cm³/mol. The molecule has 69 heavy (non-hydrogen) atoms. The van der Waals surface area contributed by atoms with Gasteiger partial charge in [0, 0.05) is 20.0 Å². The first-order chi connectivity index (χ1) is 32.4. The van der Waals surface area contributed by atoms with Gasteiger partial charge in [0.25, 0.3) is 0 Å². The number of carboxylic acid groups (broad SMARTS) is 1. The molecule has 0 aromatic carbocycles. The number of unbranched alkanes of at least 4 members (excludes halogenated alkanes) is 1. The van der Waals surface area contributed by atoms with Crippen LogP contribution in [0.15, 0.2) is 9.98 Å². The first kappa shape index (κ1) is 62.7. The molecule has 26 nitrogen and oxygen atoms in total. The third kappa shape index (κ3) is 26.1. The number of hydrogen-bond acceptors (Lipinski definition) is 13. The van der Waals surface area contributed by atoms with Crippen molar-refractivity contribution in [2.45, 2.75) is 155 Å². The van der Waals surface area contributed by atoms with Crippen molar-refractivity contribution in [2.75, 3.05) is 32.8 Å². The van der Waals surface area contributed by atoms with Gasteiger partial charge in [-0.3, -0.25) is 48.3 Å². The topological polar surface area (TPSA) is 445 Å². The Kier molecular flexibility index (Phi) is 30.9. The quantitative estimate of drug-likeness (QED) is 0.0163. The molecule has 0 rings (SSSR count). The highest BCUT2D eigenvalue weighted by molar-refractivity contribution is 5.97. The second kappa shape index (κ2) is 34.0. The highest BCUT2D eigenvalue weighted by atomic mass is 16.4. The molecule has 0 aromatic rings. The van der Waals surface area contributed by atoms with Crippen LogP contribution in [0, 0.1) is 17.8 Å². The van der Waals surface area contributed by atoms with E-state index in [4.69, 9.17) is 28.7 Å². The van der Waals surface area contributed by atoms with Gasteiger partial charge in [-0.05, 0) is 75.7 Å². The Hall–Kier alpha value is -6.31. The van der Waals surface area contributed by atoms with Gasteiger partial charge in [0.15, 0.2) is 11.9 Å². The summed E-state index contributed by atoms with van der Waals surface area (Å²) in [4.78, 5) is 126. The summed E-state index contributed by atoms with van der Waals surface area (Å²) < 4.78 is 0. The number of aliphatic hydroxyl groups is 1. The van der Waals surface area contributed by atoms with Crippen LogP contribution in [-0.4, -0.2) is 150 Å². The molecule has 0 spiro atoms. The van der Waals surface area contributed by atoms with Crippen LogP contribution >= 0.6 is 0 Å². The van der Waals surface area contributed by atoms with Gasteiger partial charge in [-0.25, -0.2) is 4.79 Å². The summed E-state index contributed by atoms with van der Waals surface area (Å²) in [5.74, 6) is -8.81. The molecule has 0 saturated heterocycles. The van der Waals surface area contributed by atoms with Crippen LogP contribution in [0.3, 0.4) is 0 Å². The zero-order valence-corrected chi connectivity index (χ0v) is 41.2. The minimum atomic E-state index is -1.61. The van der Waals surface area contributed by atoms with E-state index in [1.165, 1.54) is 6.92 Å². The smallest absolute Gasteiger partial charge is 0.326 e. The third-order valence-corrected chi connectivity index (χ3v) is 11.0. The van der Waals surface area contributed by atoms with Crippen LogP contribution in [0.5, 0.6) is 0 Å². The number of aliphatic imine (C=N–C) groups is 2. The van der Waals surface area contributed by atoms with Crippen LogP contribution in [0.1, 0.15) is 113 Å². The molecular formula is C43H81N15O11. The Bertz CT molecular complexity index is 1740. The number of carboxylic acids is 1. The largest absolute Gasteiger partial charge is 0.480 e. The molecule has 0 aliphatic rings. The van der Waals surface area contributed by atoms with E-state index in [9.17, 15) is 53.4 Å². The molecule has 20 N–H and O–H groups in total. The summed E-state index contributed by atoms with van der Waals surface area (Å²) in [6, 6.07) is -8.80. The van der Waals surface area contributed by atoms with Crippen molar-refractivity contribution in [1.82, 2.24) is 42.5 Å². The average molecular weight is 984 g/mol. The number of nitrogens with one attached hydrogen (secondary N) is 8. The molecule has 0 aliphatic carbocycles. The van der Waals surface area contributed by atoms with Crippen LogP contribution in [0.25, 0.3) is 0 Å². The van der Waals surface area contributed by atoms with Crippen LogP contribution < -0.4 is 71.2 Å². The molecule has 0 aliphatic heterocycles. The molecule has 0 saturated carbocycles. The molecule has 0 fully saturated rings. The van der Waals surface area contributed by atoms with Gasteiger partial charge in [0.1, 0.15) is 42.3 Å². The van der Waals surface area contributed by atoms with E-state index in [1.54, 1.807) is 34.6 Å². The lowest BCUT2D eigenvalue weighted by Gasteiger charge is -2.31. The van der Waals surface area contributed by atoms with Gasteiger partial charge < -0.3 is 81.4 Å². The molecule has 9 unspecified atom stereocenters. The van der Waals surface area contributed by atoms with Crippen molar-refractivity contribution in [1.29, 1.82) is 0 Å². The minimum Gasteiger partial charge on any atom is -0.480 e. The van der Waals surface area contributed by atoms with E-state index in [0.29, 0.717) is 38.6 Å². The third-order valence-electron chi connectivity index (χ3n) is 11.0. The standard InChI is InChI=1S/C43H81N15O11/c1-8-24(5)33(58-40(67)34(25(6)9-2)57-37(64)27(52-26(7)60)15-12-18-49-42(45)46)39(66)55-30(20-23(3)4)38(65)56-31(22-59)35(62)51-21-32(61)53-28(16-13-19-50-43(47)48)36(63)54-29(41(68)69)14-10-11-17-44/h23-25,27-31,33-34,59H,8-22,44H2,1-7H3,(H,51,62)(H,52,60)(H,53,61)(H,54,63)(H,55,66)(H,56,65)(H,57,64)(H,58,67)(H,68,69)(H4,45,46,49)(H4,47,48,50). The Balaban J connectivity index is 6.14. The summed E-state index contributed by atoms with van der Waals surface area (Å²) in [7, 11) is 0. The second-order valence-electron chi connectivity index (χ2n) is 17.4. The Morgan fingerprint density at radius 2 is 0.971 bits per heavy atom. The SMILES string of the molecule is CCC(C)C(NC(=O)C(CCCN=C(N)N)NC(C)=O)C(=O)NC(C(=O)NC(CC(C)C)C(=O)NC(CO)C(=O)NCC(=O)NC(CCCN=C(N)N)C(=O)NC(CCCCN)C(=O)O)C(C)CC. The summed E-state index contributed by atoms with van der Waals surface area (Å²) >= 11 is 0. The fourth-order valence-corrected chi connectivity index (χ4v) is 6.68. The number of nitrogens with zero attached hydrogens (tertiary/aromatic N) is 2. The highest BCUT2D eigenvalue weighted by Gasteiger charge is 2.36. The summed E-state index contributed by atoms with van der Waals surface area (Å²) in [6.07, 6.45) is 2.61. The maximum atomic E-state index is 14.0. The van der Waals surface area contributed by atoms with E-state index in [-0.39, 0.29) is 63.0 Å². The zero-order valence-electron chi connectivity index (χ0n) is 41.2. The molecule has 0 aromatic heterocycles. The van der Waals surface area contributed by atoms with Gasteiger partial charge in [0.2, 0.25) is 47.3 Å². The summed E-state index contributed by atoms with van der Waals surface area (Å²) in [5, 5.41) is 40.1. The van der Waals surface area contributed by atoms with Crippen molar-refractivity contribution in [3.63, 3.8) is 0 Å². The van der Waals surface area contributed by atoms with Crippen molar-refractivity contribution in [3.8, 4) is 0 Å². The molecule has 8 amide bonds. The number of rotatable bonds is 35. The fourth-order valence-electron chi connectivity index (χ4n) is 6.68. The predicted octanol–water partition coefficient (Wildman–Crippen LogP) is -4.03. The second-order valence-corrected chi connectivity index (χ2v) is 17.4. The van der Waals surface area contributed by atoms with Crippen LogP contribution in [-0.2, 0) is 43.2 Å². The Morgan fingerprint density at radius 1 is 0.536 bits per heavy atom. The normalized spacial score (nSPS) is 14.9. The monoisotopic (exact) mass is 984 g/mol. The lowest BCUT2D eigenvalue weighted by molar-refractivity contribution is -0.142. The minimum absolute atomic E-state index is 0.0176. The number of guanidine groups is 2. The van der Waals surface area contributed by atoms with Gasteiger partial charge >= 0.3 is 5.97 Å². The van der Waals surface area contributed by atoms with Crippen LogP contribution in [0.2, 0.25) is 0 Å². The van der Waals surface area contributed by atoms with Crippen molar-refractivity contribution < 1.29 is 53.4 Å². The van der Waals surface area contributed by atoms with E-state index < -0.39 is 121 Å². The number of aliphatic carboxylic acids is 1. The highest BCUT2D eigenvalue weighted by Crippen LogP contribution is 2.15. The number of carbonyl (C=O) groups is 9. The molecule has 0 bridgehead atoms. The van der Waals surface area contributed by atoms with Crippen LogP contribution in [0.4, 0.5) is 0 Å². The number of carbonyl (C=O) groups excluding carboxylic acids is 8. The summed E-state index contributed by atoms with van der Waals surface area (Å²) in [6.45, 7) is 10.8. The van der Waals surface area contributed by atoms with E-state index in [0.717, 1.165) is 0 Å². The molecule has 0 heterocycles. The van der Waals surface area contributed by atoms with Gasteiger partial charge in [0.05, 0.1) is 13.2 Å². The molecule has 0 radical (unpaired) electrons. The average Bonchev–Trinajstić information content (AvgIpc) is 3.28. The van der Waals surface area contributed by atoms with Crippen molar-refractivity contribution in [2.24, 2.45) is 56.4 Å². The summed E-state index contributed by atoms with van der Waals surface area (Å²) in [5.41, 5.74) is 27.0. The number of hydrogen-bond donors (Lipinski definition) is 15. The van der Waals surface area contributed by atoms with Crippen molar-refractivity contribution >= 4 is 65.1 Å². The maximum absolute atomic E-state index is 14.0. The van der Waals surface area contributed by atoms with Gasteiger partial charge in [-0.1, -0.05) is 54.4 Å². The Morgan fingerprint density at radius 3 is 1.42 bits per heavy atom. The zero-order chi connectivity index (χ0) is 52.8. The molecule has 26 heteroatoms. The van der Waals surface area contributed by atoms with E-state index in [1.807, 2.05) is 6.92 Å². The lowest BCUT2D eigenvalue weighted by Crippen LogP contribution is -2.61. The molecule has 9 atom stereocenters. The molecule has 394 valence electrons. The van der Waals surface area contributed by atoms with Gasteiger partial charge in [-0.15, -0.1) is 0 Å². The van der Waals surface area contributed by atoms with Crippen molar-refractivity contribution in [3.05, 3.63) is 0 Å². The lowest BCUT2D eigenvalue weighted by atomic mass is 9.94. The first-order valence-corrected chi connectivity index (χ1v) is 23.4. The fraction of sp³-hybridized carbons (Fsp3) is 0.744. The number of amides is 8. The van der Waals surface area contributed by atoms with Gasteiger partial charge in [-0.2, -0.15) is 0 Å². The number of aliphatic hydroxyl groups excluding tert-OH is 1. The number of nitrogens with two attached hydrogens (primary N) is 5. The Labute approximate surface area is 404 Å². The van der Waals surface area contributed by atoms with E-state index >= 15 is 0 Å².